The third-order valence-corrected chi connectivity index (χ3v) is 5.89. The number of amides is 1. The number of benzene rings is 2. The molecule has 3 N–H and O–H groups in total. The first-order valence-electron chi connectivity index (χ1n) is 11.6. The average Bonchev–Trinajstić information content (AvgIpc) is 3.35. The molecule has 0 aliphatic rings. The Hall–Kier alpha value is -4.72. The fourth-order valence-electron chi connectivity index (χ4n) is 4.06. The van der Waals surface area contributed by atoms with E-state index in [1.165, 1.54) is 0 Å². The van der Waals surface area contributed by atoms with E-state index in [1.807, 2.05) is 36.4 Å². The zero-order chi connectivity index (χ0) is 24.9. The summed E-state index contributed by atoms with van der Waals surface area (Å²) in [6, 6.07) is 20.1. The normalized spacial score (nSPS) is 10.9. The van der Waals surface area contributed by atoms with Gasteiger partial charge in [-0.2, -0.15) is 0 Å². The first-order valence-corrected chi connectivity index (χ1v) is 11.6. The molecular formula is C28H25N5O3. The summed E-state index contributed by atoms with van der Waals surface area (Å²) >= 11 is 0. The van der Waals surface area contributed by atoms with Crippen LogP contribution in [0.4, 0.5) is 0 Å². The first-order chi connectivity index (χ1) is 17.6. The van der Waals surface area contributed by atoms with Gasteiger partial charge in [-0.1, -0.05) is 12.1 Å². The maximum absolute atomic E-state index is 12.7. The largest absolute Gasteiger partial charge is 0.507 e. The molecule has 3 aromatic heterocycles. The Balaban J connectivity index is 1.34. The summed E-state index contributed by atoms with van der Waals surface area (Å²) in [4.78, 5) is 29.1. The summed E-state index contributed by atoms with van der Waals surface area (Å²) in [6.07, 6.45) is 5.04. The molecule has 0 fully saturated rings. The Kier molecular flexibility index (Phi) is 6.57. The number of H-pyrrole nitrogens is 1. The van der Waals surface area contributed by atoms with Crippen LogP contribution in [0.25, 0.3) is 33.5 Å². The Morgan fingerprint density at radius 1 is 1.00 bits per heavy atom. The van der Waals surface area contributed by atoms with Crippen molar-refractivity contribution in [1.82, 2.24) is 25.3 Å². The molecule has 0 unspecified atom stereocenters. The van der Waals surface area contributed by atoms with Gasteiger partial charge in [0.1, 0.15) is 11.6 Å². The summed E-state index contributed by atoms with van der Waals surface area (Å²) in [5.74, 6) is 0.934. The van der Waals surface area contributed by atoms with Crippen molar-refractivity contribution in [2.45, 2.75) is 12.8 Å². The molecule has 8 nitrogen and oxygen atoms in total. The van der Waals surface area contributed by atoms with Gasteiger partial charge in [0.25, 0.3) is 5.91 Å². The molecule has 180 valence electrons. The van der Waals surface area contributed by atoms with Crippen molar-refractivity contribution in [3.05, 3.63) is 90.4 Å². The third kappa shape index (κ3) is 4.88. The molecule has 0 atom stereocenters. The molecule has 5 rings (SSSR count). The molecule has 0 aliphatic carbocycles. The third-order valence-electron chi connectivity index (χ3n) is 5.89. The number of aryl methyl sites for hydroxylation is 1. The predicted octanol–water partition coefficient (Wildman–Crippen LogP) is 4.76. The fraction of sp³-hybridized carbons (Fsp3) is 0.143. The van der Waals surface area contributed by atoms with Crippen LogP contribution in [0.3, 0.4) is 0 Å². The number of imidazole rings is 1. The van der Waals surface area contributed by atoms with E-state index in [0.29, 0.717) is 40.4 Å². The number of fused-ring (bicyclic) bond motifs is 1. The number of hydrogen-bond donors (Lipinski definition) is 3. The molecule has 2 aromatic carbocycles. The quantitative estimate of drug-likeness (QED) is 0.277. The number of phenols is 1. The lowest BCUT2D eigenvalue weighted by molar-refractivity contribution is 0.0953. The molecule has 0 radical (unpaired) electrons. The minimum atomic E-state index is -0.150. The fourth-order valence-corrected chi connectivity index (χ4v) is 4.06. The molecule has 0 bridgehead atoms. The van der Waals surface area contributed by atoms with Crippen molar-refractivity contribution in [3.8, 4) is 34.1 Å². The highest BCUT2D eigenvalue weighted by Gasteiger charge is 2.15. The number of pyridine rings is 2. The van der Waals surface area contributed by atoms with Crippen LogP contribution in [0.5, 0.6) is 11.6 Å². The van der Waals surface area contributed by atoms with Gasteiger partial charge < -0.3 is 20.1 Å². The van der Waals surface area contributed by atoms with Gasteiger partial charge in [0, 0.05) is 35.8 Å². The van der Waals surface area contributed by atoms with E-state index in [9.17, 15) is 9.90 Å². The lowest BCUT2D eigenvalue weighted by atomic mass is 10.0. The van der Waals surface area contributed by atoms with E-state index >= 15 is 0 Å². The Labute approximate surface area is 208 Å². The standard InChI is InChI=1S/C28H25N5O3/c1-36-28-21(8-5-15-31-28)18-10-12-25(34)22(16-18)26-32-23-11-9-19(17-24(23)33-26)27(35)30-14-4-7-20-6-2-3-13-29-20/h2-3,5-6,8-13,15-17,34H,4,7,14H2,1H3,(H,30,35)(H,32,33). The molecule has 8 heteroatoms. The van der Waals surface area contributed by atoms with Crippen molar-refractivity contribution in [2.24, 2.45) is 0 Å². The van der Waals surface area contributed by atoms with Crippen LogP contribution >= 0.6 is 0 Å². The molecule has 0 spiro atoms. The van der Waals surface area contributed by atoms with Crippen LogP contribution in [-0.4, -0.2) is 44.6 Å². The topological polar surface area (TPSA) is 113 Å². The summed E-state index contributed by atoms with van der Waals surface area (Å²) in [6.45, 7) is 0.556. The highest BCUT2D eigenvalue weighted by Crippen LogP contribution is 2.35. The number of phenolic OH excluding ortho intramolecular Hbond substituents is 1. The van der Waals surface area contributed by atoms with Gasteiger partial charge in [0.2, 0.25) is 5.88 Å². The van der Waals surface area contributed by atoms with Crippen LogP contribution in [0, 0.1) is 0 Å². The number of aromatic hydroxyl groups is 1. The van der Waals surface area contributed by atoms with E-state index in [4.69, 9.17) is 4.74 Å². The zero-order valence-electron chi connectivity index (χ0n) is 19.7. The van der Waals surface area contributed by atoms with Crippen molar-refractivity contribution in [2.75, 3.05) is 13.7 Å². The number of carbonyl (C=O) groups excluding carboxylic acids is 1. The van der Waals surface area contributed by atoms with E-state index < -0.39 is 0 Å². The monoisotopic (exact) mass is 479 g/mol. The number of aromatic amines is 1. The molecular weight excluding hydrogens is 454 g/mol. The van der Waals surface area contributed by atoms with Gasteiger partial charge in [-0.05, 0) is 73.0 Å². The van der Waals surface area contributed by atoms with Gasteiger partial charge in [0.15, 0.2) is 0 Å². The summed E-state index contributed by atoms with van der Waals surface area (Å²) in [7, 11) is 1.57. The van der Waals surface area contributed by atoms with Crippen molar-refractivity contribution < 1.29 is 14.6 Å². The summed E-state index contributed by atoms with van der Waals surface area (Å²) < 4.78 is 5.38. The lowest BCUT2D eigenvalue weighted by Crippen LogP contribution is -2.24. The van der Waals surface area contributed by atoms with E-state index in [2.05, 4.69) is 25.3 Å². The maximum Gasteiger partial charge on any atom is 0.251 e. The van der Waals surface area contributed by atoms with Crippen LogP contribution in [0.1, 0.15) is 22.5 Å². The SMILES string of the molecule is COc1ncccc1-c1ccc(O)c(-c2nc3ccc(C(=O)NCCCc4ccccn4)cc3[nH]2)c1. The molecule has 0 saturated heterocycles. The maximum atomic E-state index is 12.7. The Bertz CT molecular complexity index is 1510. The molecule has 3 heterocycles. The average molecular weight is 480 g/mol. The van der Waals surface area contributed by atoms with Crippen LogP contribution in [0.2, 0.25) is 0 Å². The molecule has 0 saturated carbocycles. The first kappa shape index (κ1) is 23.0. The number of rotatable bonds is 8. The van der Waals surface area contributed by atoms with Crippen molar-refractivity contribution in [1.29, 1.82) is 0 Å². The van der Waals surface area contributed by atoms with Crippen LogP contribution in [0.15, 0.2) is 79.1 Å². The van der Waals surface area contributed by atoms with Crippen LogP contribution in [-0.2, 0) is 6.42 Å². The summed E-state index contributed by atoms with van der Waals surface area (Å²) in [5, 5.41) is 13.5. The number of aromatic nitrogens is 4. The second kappa shape index (κ2) is 10.3. The lowest BCUT2D eigenvalue weighted by Gasteiger charge is -2.09. The Morgan fingerprint density at radius 3 is 2.72 bits per heavy atom. The van der Waals surface area contributed by atoms with E-state index in [1.54, 1.807) is 49.8 Å². The smallest absolute Gasteiger partial charge is 0.251 e. The molecule has 5 aromatic rings. The molecule has 0 aliphatic heterocycles. The number of carbonyl (C=O) groups is 1. The minimum absolute atomic E-state index is 0.0894. The summed E-state index contributed by atoms with van der Waals surface area (Å²) in [5.41, 5.74) is 5.12. The van der Waals surface area contributed by atoms with Gasteiger partial charge in [0.05, 0.1) is 23.7 Å². The highest BCUT2D eigenvalue weighted by atomic mass is 16.5. The van der Waals surface area contributed by atoms with Crippen LogP contribution < -0.4 is 10.1 Å². The molecule has 1 amide bonds. The second-order valence-corrected chi connectivity index (χ2v) is 8.29. The Morgan fingerprint density at radius 2 is 1.89 bits per heavy atom. The van der Waals surface area contributed by atoms with Crippen molar-refractivity contribution in [3.63, 3.8) is 0 Å². The van der Waals surface area contributed by atoms with E-state index in [0.717, 1.165) is 29.7 Å². The number of nitrogens with zero attached hydrogens (tertiary/aromatic N) is 3. The number of hydrogen-bond acceptors (Lipinski definition) is 6. The number of ether oxygens (including phenoxy) is 1. The second-order valence-electron chi connectivity index (χ2n) is 8.29. The zero-order valence-corrected chi connectivity index (χ0v) is 19.7. The van der Waals surface area contributed by atoms with Crippen molar-refractivity contribution >= 4 is 16.9 Å². The van der Waals surface area contributed by atoms with Gasteiger partial charge in [-0.3, -0.25) is 9.78 Å². The van der Waals surface area contributed by atoms with Gasteiger partial charge in [-0.15, -0.1) is 0 Å². The highest BCUT2D eigenvalue weighted by molar-refractivity contribution is 5.97. The van der Waals surface area contributed by atoms with Gasteiger partial charge >= 0.3 is 0 Å². The van der Waals surface area contributed by atoms with Gasteiger partial charge in [-0.25, -0.2) is 9.97 Å². The number of methoxy groups -OCH3 is 1. The number of nitrogens with one attached hydrogen (secondary N) is 2. The van der Waals surface area contributed by atoms with E-state index in [-0.39, 0.29) is 11.7 Å². The minimum Gasteiger partial charge on any atom is -0.507 e. The predicted molar refractivity (Wildman–Crippen MR) is 138 cm³/mol. The molecule has 36 heavy (non-hydrogen) atoms.